The Labute approximate surface area is 304 Å². The smallest absolute Gasteiger partial charge is 0.100 e. The van der Waals surface area contributed by atoms with E-state index in [1.54, 1.807) is 0 Å². The highest BCUT2D eigenvalue weighted by Gasteiger charge is 2.16. The second-order valence-corrected chi connectivity index (χ2v) is 14.2. The Kier molecular flexibility index (Phi) is 7.15. The molecular formula is C48H31N3S. The van der Waals surface area contributed by atoms with Crippen LogP contribution >= 0.6 is 11.3 Å². The topological polar surface area (TPSA) is 41.1 Å². The summed E-state index contributed by atoms with van der Waals surface area (Å²) in [7, 11) is 0. The minimum Gasteiger partial charge on any atom is -0.300 e. The van der Waals surface area contributed by atoms with Gasteiger partial charge in [0.05, 0.1) is 22.4 Å². The summed E-state index contributed by atoms with van der Waals surface area (Å²) in [4.78, 5) is 5.09. The lowest BCUT2D eigenvalue weighted by Crippen LogP contribution is -2.03. The molecule has 0 aliphatic heterocycles. The summed E-state index contributed by atoms with van der Waals surface area (Å²) < 4.78 is 4.85. The van der Waals surface area contributed by atoms with Crippen molar-refractivity contribution in [2.75, 3.05) is 0 Å². The summed E-state index contributed by atoms with van der Waals surface area (Å²) in [5.41, 5.74) is 10.1. The molecule has 10 rings (SSSR count). The molecule has 1 aliphatic carbocycles. The second kappa shape index (κ2) is 12.3. The van der Waals surface area contributed by atoms with Crippen LogP contribution in [-0.4, -0.2) is 16.6 Å². The molecule has 0 radical (unpaired) electrons. The van der Waals surface area contributed by atoms with Crippen molar-refractivity contribution in [2.45, 2.75) is 0 Å². The summed E-state index contributed by atoms with van der Waals surface area (Å²) >= 11 is 1.87. The van der Waals surface area contributed by atoms with Gasteiger partial charge in [-0.1, -0.05) is 146 Å². The van der Waals surface area contributed by atoms with E-state index in [1.807, 2.05) is 60.2 Å². The number of fused-ring (bicyclic) bond motifs is 8. The van der Waals surface area contributed by atoms with Crippen LogP contribution in [-0.2, 0) is 0 Å². The molecule has 0 unspecified atom stereocenters. The number of hydrogen-bond donors (Lipinski definition) is 1. The van der Waals surface area contributed by atoms with Gasteiger partial charge in [-0.2, -0.15) is 0 Å². The SMILES string of the molecule is N=C1C=CC=C/C1=C(/N=Cn1c2ccccc2c2c3ccc(-c4ccc(-c5cccc6c5sc5ccccc56)cc4)cc3ccc21)c1ccccc1. The average Bonchev–Trinajstić information content (AvgIpc) is 3.75. The van der Waals surface area contributed by atoms with Gasteiger partial charge in [-0.15, -0.1) is 11.3 Å². The van der Waals surface area contributed by atoms with E-state index in [2.05, 4.69) is 138 Å². The first kappa shape index (κ1) is 30.2. The van der Waals surface area contributed by atoms with Crippen LogP contribution in [0.15, 0.2) is 187 Å². The zero-order valence-electron chi connectivity index (χ0n) is 28.1. The third-order valence-electron chi connectivity index (χ3n) is 10.2. The van der Waals surface area contributed by atoms with Crippen molar-refractivity contribution >= 4 is 81.8 Å². The zero-order chi connectivity index (χ0) is 34.6. The molecular weight excluding hydrogens is 651 g/mol. The van der Waals surface area contributed by atoms with E-state index in [4.69, 9.17) is 10.4 Å². The first-order chi connectivity index (χ1) is 25.7. The second-order valence-electron chi connectivity index (χ2n) is 13.1. The van der Waals surface area contributed by atoms with Gasteiger partial charge in [0.2, 0.25) is 0 Å². The molecule has 1 aliphatic rings. The minimum atomic E-state index is 0.450. The molecule has 4 heteroatoms. The van der Waals surface area contributed by atoms with E-state index in [9.17, 15) is 0 Å². The van der Waals surface area contributed by atoms with E-state index in [1.165, 1.54) is 64.0 Å². The molecule has 0 bridgehead atoms. The van der Waals surface area contributed by atoms with Gasteiger partial charge in [0, 0.05) is 42.1 Å². The van der Waals surface area contributed by atoms with Crippen LogP contribution in [0.5, 0.6) is 0 Å². The van der Waals surface area contributed by atoms with E-state index in [0.29, 0.717) is 5.71 Å². The van der Waals surface area contributed by atoms with Crippen LogP contribution in [0.3, 0.4) is 0 Å². The molecule has 0 spiro atoms. The van der Waals surface area contributed by atoms with Gasteiger partial charge in [0.25, 0.3) is 0 Å². The van der Waals surface area contributed by atoms with Gasteiger partial charge >= 0.3 is 0 Å². The normalized spacial score (nSPS) is 14.2. The molecule has 1 N–H and O–H groups in total. The van der Waals surface area contributed by atoms with Crippen LogP contribution in [0.2, 0.25) is 0 Å². The van der Waals surface area contributed by atoms with Crippen molar-refractivity contribution in [2.24, 2.45) is 4.99 Å². The fourth-order valence-corrected chi connectivity index (χ4v) is 8.89. The molecule has 7 aromatic carbocycles. The lowest BCUT2D eigenvalue weighted by molar-refractivity contribution is 1.30. The largest absolute Gasteiger partial charge is 0.300 e. The van der Waals surface area contributed by atoms with Crippen LogP contribution in [0.1, 0.15) is 5.56 Å². The fourth-order valence-electron chi connectivity index (χ4n) is 7.65. The Morgan fingerprint density at radius 1 is 0.577 bits per heavy atom. The number of nitrogens with zero attached hydrogens (tertiary/aromatic N) is 2. The van der Waals surface area contributed by atoms with Gasteiger partial charge in [-0.25, -0.2) is 4.99 Å². The molecule has 52 heavy (non-hydrogen) atoms. The summed E-state index contributed by atoms with van der Waals surface area (Å²) in [5.74, 6) is 0. The van der Waals surface area contributed by atoms with Crippen molar-refractivity contribution < 1.29 is 0 Å². The monoisotopic (exact) mass is 681 g/mol. The molecule has 2 heterocycles. The number of aliphatic imine (C=N–C) groups is 1. The number of rotatable bonds is 5. The van der Waals surface area contributed by atoms with Crippen molar-refractivity contribution in [1.82, 2.24) is 4.57 Å². The maximum Gasteiger partial charge on any atom is 0.100 e. The van der Waals surface area contributed by atoms with Crippen molar-refractivity contribution in [3.63, 3.8) is 0 Å². The predicted octanol–water partition coefficient (Wildman–Crippen LogP) is 13.1. The van der Waals surface area contributed by atoms with Gasteiger partial charge in [-0.3, -0.25) is 4.57 Å². The lowest BCUT2D eigenvalue weighted by atomic mass is 9.96. The Balaban J connectivity index is 1.05. The quantitative estimate of drug-likeness (QED) is 0.139. The molecule has 3 nitrogen and oxygen atoms in total. The van der Waals surface area contributed by atoms with Gasteiger partial charge in [0.1, 0.15) is 6.34 Å². The summed E-state index contributed by atoms with van der Waals surface area (Å²) in [5, 5.41) is 16.1. The number of thiophene rings is 1. The molecule has 0 amide bonds. The molecule has 0 fully saturated rings. The van der Waals surface area contributed by atoms with Crippen molar-refractivity contribution in [3.8, 4) is 22.3 Å². The predicted molar refractivity (Wildman–Crippen MR) is 224 cm³/mol. The number of hydrogen-bond acceptors (Lipinski definition) is 3. The Morgan fingerprint density at radius 3 is 2.17 bits per heavy atom. The van der Waals surface area contributed by atoms with E-state index < -0.39 is 0 Å². The maximum atomic E-state index is 8.63. The maximum absolute atomic E-state index is 8.63. The van der Waals surface area contributed by atoms with Gasteiger partial charge in [-0.05, 0) is 63.4 Å². The first-order valence-corrected chi connectivity index (χ1v) is 18.3. The Hall–Kier alpha value is -6.62. The van der Waals surface area contributed by atoms with Crippen LogP contribution < -0.4 is 0 Å². The molecule has 0 atom stereocenters. The molecule has 2 aromatic heterocycles. The number of nitrogens with one attached hydrogen (secondary N) is 1. The Morgan fingerprint density at radius 2 is 1.31 bits per heavy atom. The highest BCUT2D eigenvalue weighted by atomic mass is 32.1. The number of aromatic nitrogens is 1. The minimum absolute atomic E-state index is 0.450. The standard InChI is InChI=1S/C48H31N3S/c49-42-18-7-4-14-40(42)47(33-11-2-1-3-12-33)50-30-51-43-19-8-5-15-41(43)46-36-27-25-34(29-35(36)26-28-44(46)51)31-21-23-32(24-22-31)37-16-10-17-39-38-13-6-9-20-45(38)52-48(37)39/h1-30,49H/b47-40-,49-42?,50-30?. The fraction of sp³-hybridized carbons (Fsp3) is 0. The number of benzene rings is 7. The lowest BCUT2D eigenvalue weighted by Gasteiger charge is -2.11. The third kappa shape index (κ3) is 4.96. The zero-order valence-corrected chi connectivity index (χ0v) is 28.9. The molecule has 9 aromatic rings. The van der Waals surface area contributed by atoms with Crippen LogP contribution in [0, 0.1) is 5.41 Å². The average molecular weight is 682 g/mol. The van der Waals surface area contributed by atoms with Crippen molar-refractivity contribution in [3.05, 3.63) is 187 Å². The highest BCUT2D eigenvalue weighted by Crippen LogP contribution is 2.41. The molecule has 244 valence electrons. The van der Waals surface area contributed by atoms with E-state index in [0.717, 1.165) is 27.9 Å². The van der Waals surface area contributed by atoms with E-state index in [-0.39, 0.29) is 0 Å². The van der Waals surface area contributed by atoms with Gasteiger partial charge in [0.15, 0.2) is 0 Å². The Bertz CT molecular complexity index is 3010. The van der Waals surface area contributed by atoms with Crippen LogP contribution in [0.25, 0.3) is 80.7 Å². The number of para-hydroxylation sites is 1. The first-order valence-electron chi connectivity index (χ1n) is 17.5. The summed E-state index contributed by atoms with van der Waals surface area (Å²) in [6, 6.07) is 54.3. The third-order valence-corrected chi connectivity index (χ3v) is 11.4. The van der Waals surface area contributed by atoms with E-state index >= 15 is 0 Å². The van der Waals surface area contributed by atoms with Gasteiger partial charge < -0.3 is 5.41 Å². The highest BCUT2D eigenvalue weighted by molar-refractivity contribution is 7.26. The number of allylic oxidation sites excluding steroid dienone is 5. The van der Waals surface area contributed by atoms with Crippen LogP contribution in [0.4, 0.5) is 0 Å². The molecule has 0 saturated carbocycles. The summed E-state index contributed by atoms with van der Waals surface area (Å²) in [6.45, 7) is 0. The van der Waals surface area contributed by atoms with Crippen molar-refractivity contribution in [1.29, 1.82) is 5.41 Å². The summed E-state index contributed by atoms with van der Waals surface area (Å²) in [6.07, 6.45) is 9.56. The molecule has 0 saturated heterocycles.